The Kier molecular flexibility index (Phi) is 4.60. The third kappa shape index (κ3) is 2.79. The molecule has 2 heterocycles. The molecule has 0 aliphatic heterocycles. The van der Waals surface area contributed by atoms with E-state index in [9.17, 15) is 14.8 Å². The van der Waals surface area contributed by atoms with Crippen LogP contribution in [0, 0.1) is 17.3 Å². The van der Waals surface area contributed by atoms with Crippen molar-refractivity contribution >= 4 is 36.2 Å². The van der Waals surface area contributed by atoms with Crippen molar-refractivity contribution in [3.8, 4) is 0 Å². The molecule has 4 aliphatic rings. The molecule has 4 aliphatic carbocycles. The Balaban J connectivity index is 1.41. The topological polar surface area (TPSA) is 146 Å². The molecule has 2 aromatic rings. The minimum atomic E-state index is -3.33. The molecule has 0 radical (unpaired) electrons. The van der Waals surface area contributed by atoms with Gasteiger partial charge in [-0.25, -0.2) is 4.98 Å². The van der Waals surface area contributed by atoms with Crippen LogP contribution >= 0.6 is 19.2 Å². The minimum absolute atomic E-state index is 0.00594. The Morgan fingerprint density at radius 1 is 1.29 bits per heavy atom. The Bertz CT molecular complexity index is 1100. The van der Waals surface area contributed by atoms with Gasteiger partial charge in [0.1, 0.15) is 17.2 Å². The molecular formula is C19H27ClN5O5P. The van der Waals surface area contributed by atoms with Crippen molar-refractivity contribution in [1.82, 2.24) is 19.5 Å². The molecule has 0 spiro atoms. The molecule has 0 saturated heterocycles. The van der Waals surface area contributed by atoms with Crippen LogP contribution in [0.4, 0.5) is 5.82 Å². The van der Waals surface area contributed by atoms with Gasteiger partial charge in [-0.15, -0.1) is 0 Å². The quantitative estimate of drug-likeness (QED) is 0.390. The van der Waals surface area contributed by atoms with Crippen LogP contribution in [-0.2, 0) is 13.6 Å². The number of fused-ring (bicyclic) bond motifs is 2. The van der Waals surface area contributed by atoms with Gasteiger partial charge in [0.15, 0.2) is 11.5 Å². The predicted molar refractivity (Wildman–Crippen MR) is 114 cm³/mol. The maximum Gasteiger partial charge on any atom is 0.331 e. The van der Waals surface area contributed by atoms with Gasteiger partial charge in [-0.1, -0.05) is 0 Å². The van der Waals surface area contributed by atoms with Gasteiger partial charge in [-0.2, -0.15) is 9.97 Å². The molecule has 0 amide bonds. The third-order valence-corrected chi connectivity index (χ3v) is 9.39. The van der Waals surface area contributed by atoms with Crippen molar-refractivity contribution in [2.45, 2.75) is 64.1 Å². The SMILES string of the molecule is CC(C)OP(=O)(CC[C@@]12C3[C@@H]1[C@@H](n1cnc4c(N)nc(Cl)nc41)[C@H](O)[C@]32O)OC(C)C. The van der Waals surface area contributed by atoms with Crippen LogP contribution in [0.3, 0.4) is 0 Å². The van der Waals surface area contributed by atoms with E-state index in [4.69, 9.17) is 26.4 Å². The smallest absolute Gasteiger partial charge is 0.331 e. The van der Waals surface area contributed by atoms with Crippen LogP contribution in [0.15, 0.2) is 6.33 Å². The molecule has 4 saturated carbocycles. The Morgan fingerprint density at radius 2 is 1.94 bits per heavy atom. The number of nitrogen functional groups attached to an aromatic ring is 1. The van der Waals surface area contributed by atoms with Gasteiger partial charge in [0.2, 0.25) is 5.28 Å². The lowest BCUT2D eigenvalue weighted by atomic mass is 9.99. The Labute approximate surface area is 184 Å². The first-order chi connectivity index (χ1) is 14.5. The first-order valence-electron chi connectivity index (χ1n) is 10.5. The first kappa shape index (κ1) is 21.6. The summed E-state index contributed by atoms with van der Waals surface area (Å²) < 4.78 is 26.3. The summed E-state index contributed by atoms with van der Waals surface area (Å²) in [5, 5.41) is 22.2. The van der Waals surface area contributed by atoms with Crippen LogP contribution in [0.1, 0.15) is 40.2 Å². The highest BCUT2D eigenvalue weighted by molar-refractivity contribution is 7.53. The zero-order chi connectivity index (χ0) is 22.5. The number of hydrogen-bond acceptors (Lipinski definition) is 9. The Hall–Kier alpha value is -1.29. The number of anilines is 1. The second-order valence-electron chi connectivity index (χ2n) is 9.40. The van der Waals surface area contributed by atoms with E-state index in [1.807, 2.05) is 27.7 Å². The lowest BCUT2D eigenvalue weighted by Gasteiger charge is -2.24. The van der Waals surface area contributed by atoms with E-state index < -0.39 is 30.8 Å². The third-order valence-electron chi connectivity index (χ3n) is 6.96. The molecular weight excluding hydrogens is 445 g/mol. The van der Waals surface area contributed by atoms with E-state index in [2.05, 4.69) is 15.0 Å². The van der Waals surface area contributed by atoms with Crippen molar-refractivity contribution in [1.29, 1.82) is 0 Å². The molecule has 6 atom stereocenters. The molecule has 2 bridgehead atoms. The van der Waals surface area contributed by atoms with Crippen LogP contribution in [0.25, 0.3) is 11.2 Å². The van der Waals surface area contributed by atoms with E-state index in [1.54, 1.807) is 10.9 Å². The van der Waals surface area contributed by atoms with Gasteiger partial charge in [0.25, 0.3) is 0 Å². The zero-order valence-corrected chi connectivity index (χ0v) is 19.4. The maximum absolute atomic E-state index is 13.3. The lowest BCUT2D eigenvalue weighted by molar-refractivity contribution is -0.0236. The van der Waals surface area contributed by atoms with Gasteiger partial charge in [0, 0.05) is 11.3 Å². The van der Waals surface area contributed by atoms with E-state index in [0.29, 0.717) is 17.6 Å². The number of aromatic nitrogens is 4. The van der Waals surface area contributed by atoms with Crippen molar-refractivity contribution in [3.05, 3.63) is 11.6 Å². The summed E-state index contributed by atoms with van der Waals surface area (Å²) >= 11 is 5.97. The highest BCUT2D eigenvalue weighted by atomic mass is 35.5. The number of rotatable bonds is 8. The average molecular weight is 472 g/mol. The average Bonchev–Trinajstić information content (AvgIpc) is 3.29. The fourth-order valence-electron chi connectivity index (χ4n) is 6.00. The van der Waals surface area contributed by atoms with Crippen molar-refractivity contribution in [3.63, 3.8) is 0 Å². The highest BCUT2D eigenvalue weighted by Crippen LogP contribution is 2.97. The van der Waals surface area contributed by atoms with Crippen LogP contribution in [-0.4, -0.2) is 59.8 Å². The van der Waals surface area contributed by atoms with Gasteiger partial charge < -0.3 is 29.6 Å². The van der Waals surface area contributed by atoms with Crippen molar-refractivity contribution in [2.75, 3.05) is 11.9 Å². The molecule has 12 heteroatoms. The normalized spacial score (nSPS) is 35.9. The maximum atomic E-state index is 13.3. The summed E-state index contributed by atoms with van der Waals surface area (Å²) in [5.41, 5.74) is 4.99. The summed E-state index contributed by atoms with van der Waals surface area (Å²) in [5.74, 6) is 0.0945. The largest absolute Gasteiger partial charge is 0.388 e. The molecule has 1 unspecified atom stereocenters. The first-order valence-corrected chi connectivity index (χ1v) is 12.6. The van der Waals surface area contributed by atoms with Gasteiger partial charge in [-0.05, 0) is 51.6 Å². The van der Waals surface area contributed by atoms with Crippen molar-refractivity contribution < 1.29 is 23.8 Å². The minimum Gasteiger partial charge on any atom is -0.388 e. The summed E-state index contributed by atoms with van der Waals surface area (Å²) in [6, 6.07) is -0.429. The number of aliphatic hydroxyl groups excluding tert-OH is 1. The number of nitrogens with two attached hydrogens (primary N) is 1. The summed E-state index contributed by atoms with van der Waals surface area (Å²) in [4.78, 5) is 12.4. The molecule has 10 nitrogen and oxygen atoms in total. The number of hydrogen-bond donors (Lipinski definition) is 3. The van der Waals surface area contributed by atoms with Gasteiger partial charge >= 0.3 is 7.60 Å². The van der Waals surface area contributed by atoms with Crippen LogP contribution < -0.4 is 5.73 Å². The molecule has 6 rings (SSSR count). The van der Waals surface area contributed by atoms with E-state index in [-0.39, 0.29) is 41.3 Å². The van der Waals surface area contributed by atoms with E-state index in [0.717, 1.165) is 0 Å². The standard InChI is InChI=1S/C19H27ClN5O5P/c1-8(2)29-31(28,30-9(3)4)6-5-18-10-12(14(26)19(18,27)13(10)18)25-7-22-11-15(21)23-17(20)24-16(11)25/h7-10,12-14,26-27H,5-6H2,1-4H3,(H2,21,23,24)/t10-,12+,13?,14-,18-,19+/m0/s1. The number of halogens is 1. The predicted octanol–water partition coefficient (Wildman–Crippen LogP) is 2.39. The molecule has 4 fully saturated rings. The van der Waals surface area contributed by atoms with E-state index >= 15 is 0 Å². The number of nitrogens with zero attached hydrogens (tertiary/aromatic N) is 4. The monoisotopic (exact) mass is 471 g/mol. The fraction of sp³-hybridized carbons (Fsp3) is 0.737. The van der Waals surface area contributed by atoms with Crippen LogP contribution in [0.2, 0.25) is 5.28 Å². The molecule has 0 aromatic carbocycles. The number of imidazole rings is 1. The lowest BCUT2D eigenvalue weighted by Crippen LogP contribution is -2.33. The molecule has 2 aromatic heterocycles. The second kappa shape index (κ2) is 6.62. The van der Waals surface area contributed by atoms with E-state index in [1.165, 1.54) is 0 Å². The summed E-state index contributed by atoms with van der Waals surface area (Å²) in [6.07, 6.45) is 0.665. The molecule has 170 valence electrons. The molecule has 4 N–H and O–H groups in total. The summed E-state index contributed by atoms with van der Waals surface area (Å²) in [6.45, 7) is 7.24. The Morgan fingerprint density at radius 3 is 2.52 bits per heavy atom. The van der Waals surface area contributed by atoms with Crippen molar-refractivity contribution in [2.24, 2.45) is 17.3 Å². The fourth-order valence-corrected chi connectivity index (χ4v) is 8.36. The summed E-state index contributed by atoms with van der Waals surface area (Å²) in [7, 11) is -3.33. The number of aliphatic hydroxyl groups is 2. The van der Waals surface area contributed by atoms with Gasteiger partial charge in [-0.3, -0.25) is 4.57 Å². The van der Waals surface area contributed by atoms with Gasteiger partial charge in [0.05, 0.1) is 30.7 Å². The zero-order valence-electron chi connectivity index (χ0n) is 17.8. The molecule has 31 heavy (non-hydrogen) atoms. The van der Waals surface area contributed by atoms with Crippen LogP contribution in [0.5, 0.6) is 0 Å². The second-order valence-corrected chi connectivity index (χ2v) is 11.8. The highest BCUT2D eigenvalue weighted by Gasteiger charge is 3.03.